The van der Waals surface area contributed by atoms with Gasteiger partial charge in [-0.2, -0.15) is 0 Å². The Labute approximate surface area is 76.6 Å². The molecular weight excluding hydrogens is 204 g/mol. The van der Waals surface area contributed by atoms with E-state index in [0.29, 0.717) is 11.7 Å². The second kappa shape index (κ2) is 3.06. The molecule has 0 N–H and O–H groups in total. The third-order valence-corrected chi connectivity index (χ3v) is 3.75. The van der Waals surface area contributed by atoms with E-state index >= 15 is 0 Å². The van der Waals surface area contributed by atoms with Crippen molar-refractivity contribution in [2.24, 2.45) is 0 Å². The van der Waals surface area contributed by atoms with Crippen molar-refractivity contribution >= 4 is 15.9 Å². The van der Waals surface area contributed by atoms with E-state index in [0.717, 1.165) is 5.33 Å². The Balaban J connectivity index is 1.96. The Hall–Kier alpha value is 0.440. The third kappa shape index (κ3) is 1.48. The van der Waals surface area contributed by atoms with E-state index in [1.165, 1.54) is 38.5 Å². The summed E-state index contributed by atoms with van der Waals surface area (Å²) in [5.74, 6) is 0. The van der Waals surface area contributed by atoms with Gasteiger partial charge >= 0.3 is 0 Å². The number of hydrogen-bond acceptors (Lipinski definition) is 1. The smallest absolute Gasteiger partial charge is 0.0687 e. The number of alkyl halides is 1. The summed E-state index contributed by atoms with van der Waals surface area (Å²) in [5, 5.41) is 1.02. The molecule has 2 rings (SSSR count). The third-order valence-electron chi connectivity index (χ3n) is 3.03. The molecule has 2 heteroatoms. The Kier molecular flexibility index (Phi) is 2.24. The Morgan fingerprint density at radius 2 is 2.00 bits per heavy atom. The zero-order chi connectivity index (χ0) is 7.73. The summed E-state index contributed by atoms with van der Waals surface area (Å²) in [6.45, 7) is 0. The fourth-order valence-corrected chi connectivity index (χ4v) is 2.85. The second-order valence-corrected chi connectivity index (χ2v) is 4.47. The van der Waals surface area contributed by atoms with Gasteiger partial charge in [-0.3, -0.25) is 0 Å². The van der Waals surface area contributed by atoms with E-state index < -0.39 is 0 Å². The minimum absolute atomic E-state index is 0.332. The summed E-state index contributed by atoms with van der Waals surface area (Å²) >= 11 is 3.48. The molecule has 0 radical (unpaired) electrons. The topological polar surface area (TPSA) is 9.23 Å². The van der Waals surface area contributed by atoms with Crippen LogP contribution in [0.3, 0.4) is 0 Å². The van der Waals surface area contributed by atoms with Crippen LogP contribution in [0.4, 0.5) is 0 Å². The molecular formula is C9H15BrO. The zero-order valence-electron chi connectivity index (χ0n) is 6.81. The second-order valence-electron chi connectivity index (χ2n) is 3.82. The maximum Gasteiger partial charge on any atom is 0.0687 e. The molecule has 0 aromatic carbocycles. The van der Waals surface area contributed by atoms with Crippen molar-refractivity contribution in [3.8, 4) is 0 Å². The summed E-state index contributed by atoms with van der Waals surface area (Å²) in [6.07, 6.45) is 8.49. The van der Waals surface area contributed by atoms with Crippen molar-refractivity contribution in [3.05, 3.63) is 0 Å². The molecule has 2 aliphatic rings. The molecule has 1 saturated heterocycles. The van der Waals surface area contributed by atoms with Crippen molar-refractivity contribution in [3.63, 3.8) is 0 Å². The number of halogens is 1. The van der Waals surface area contributed by atoms with Crippen LogP contribution in [0.25, 0.3) is 0 Å². The molecule has 0 amide bonds. The molecule has 1 aliphatic heterocycles. The minimum atomic E-state index is 0.332. The van der Waals surface area contributed by atoms with Gasteiger partial charge in [0.15, 0.2) is 0 Å². The first kappa shape index (κ1) is 8.06. The van der Waals surface area contributed by atoms with Crippen molar-refractivity contribution in [1.82, 2.24) is 0 Å². The van der Waals surface area contributed by atoms with Crippen molar-refractivity contribution in [2.45, 2.75) is 50.2 Å². The molecule has 0 aromatic rings. The average Bonchev–Trinajstić information content (AvgIpc) is 2.62. The molecule has 1 aliphatic carbocycles. The summed E-state index contributed by atoms with van der Waals surface area (Å²) in [4.78, 5) is 0. The summed E-state index contributed by atoms with van der Waals surface area (Å²) < 4.78 is 6.01. The van der Waals surface area contributed by atoms with Crippen LogP contribution in [0.5, 0.6) is 0 Å². The summed E-state index contributed by atoms with van der Waals surface area (Å²) in [5.41, 5.74) is 0.332. The van der Waals surface area contributed by atoms with Gasteiger partial charge in [0.25, 0.3) is 0 Å². The molecule has 1 heterocycles. The highest BCUT2D eigenvalue weighted by atomic mass is 79.9. The van der Waals surface area contributed by atoms with Crippen LogP contribution in [0.1, 0.15) is 38.5 Å². The fourth-order valence-electron chi connectivity index (χ4n) is 2.39. The van der Waals surface area contributed by atoms with Gasteiger partial charge in [-0.25, -0.2) is 0 Å². The van der Waals surface area contributed by atoms with Crippen LogP contribution >= 0.6 is 15.9 Å². The standard InChI is InChI=1S/C9H15BrO/c10-7-8-3-6-9(11-8)4-1-2-5-9/h8H,1-7H2. The van der Waals surface area contributed by atoms with Gasteiger partial charge in [-0.05, 0) is 25.7 Å². The lowest BCUT2D eigenvalue weighted by atomic mass is 9.98. The lowest BCUT2D eigenvalue weighted by Gasteiger charge is -2.22. The number of hydrogen-bond donors (Lipinski definition) is 0. The zero-order valence-corrected chi connectivity index (χ0v) is 8.40. The quantitative estimate of drug-likeness (QED) is 0.616. The van der Waals surface area contributed by atoms with Gasteiger partial charge in [-0.1, -0.05) is 28.8 Å². The van der Waals surface area contributed by atoms with Crippen LogP contribution in [0.2, 0.25) is 0 Å². The van der Waals surface area contributed by atoms with Crippen LogP contribution in [-0.2, 0) is 4.74 Å². The first-order chi connectivity index (χ1) is 5.35. The predicted molar refractivity (Wildman–Crippen MR) is 49.1 cm³/mol. The highest BCUT2D eigenvalue weighted by Crippen LogP contribution is 2.43. The number of rotatable bonds is 1. The molecule has 1 atom stereocenters. The molecule has 2 fully saturated rings. The molecule has 0 aromatic heterocycles. The van der Waals surface area contributed by atoms with Crippen LogP contribution in [-0.4, -0.2) is 17.0 Å². The van der Waals surface area contributed by atoms with Gasteiger partial charge in [0.05, 0.1) is 11.7 Å². The van der Waals surface area contributed by atoms with E-state index in [1.54, 1.807) is 0 Å². The van der Waals surface area contributed by atoms with E-state index in [4.69, 9.17) is 4.74 Å². The summed E-state index contributed by atoms with van der Waals surface area (Å²) in [7, 11) is 0. The SMILES string of the molecule is BrCC1CCC2(CCCC2)O1. The maximum absolute atomic E-state index is 6.01. The maximum atomic E-state index is 6.01. The Morgan fingerprint density at radius 1 is 1.27 bits per heavy atom. The van der Waals surface area contributed by atoms with Crippen LogP contribution in [0, 0.1) is 0 Å². The fraction of sp³-hybridized carbons (Fsp3) is 1.00. The lowest BCUT2D eigenvalue weighted by Crippen LogP contribution is -2.25. The highest BCUT2D eigenvalue weighted by Gasteiger charge is 2.41. The molecule has 1 unspecified atom stereocenters. The molecule has 1 spiro atoms. The number of ether oxygens (including phenoxy) is 1. The van der Waals surface area contributed by atoms with Crippen molar-refractivity contribution in [1.29, 1.82) is 0 Å². The molecule has 0 bridgehead atoms. The van der Waals surface area contributed by atoms with E-state index in [9.17, 15) is 0 Å². The van der Waals surface area contributed by atoms with E-state index in [2.05, 4.69) is 15.9 Å². The van der Waals surface area contributed by atoms with Gasteiger partial charge in [0.1, 0.15) is 0 Å². The molecule has 11 heavy (non-hydrogen) atoms. The highest BCUT2D eigenvalue weighted by molar-refractivity contribution is 9.09. The van der Waals surface area contributed by atoms with Crippen molar-refractivity contribution in [2.75, 3.05) is 5.33 Å². The van der Waals surface area contributed by atoms with Gasteiger partial charge in [0.2, 0.25) is 0 Å². The summed E-state index contributed by atoms with van der Waals surface area (Å²) in [6, 6.07) is 0. The van der Waals surface area contributed by atoms with Crippen LogP contribution < -0.4 is 0 Å². The largest absolute Gasteiger partial charge is 0.371 e. The first-order valence-electron chi connectivity index (χ1n) is 4.58. The van der Waals surface area contributed by atoms with Gasteiger partial charge < -0.3 is 4.74 Å². The predicted octanol–water partition coefficient (Wildman–Crippen LogP) is 2.87. The van der Waals surface area contributed by atoms with Gasteiger partial charge in [-0.15, -0.1) is 0 Å². The molecule has 1 saturated carbocycles. The monoisotopic (exact) mass is 218 g/mol. The lowest BCUT2D eigenvalue weighted by molar-refractivity contribution is -0.0263. The Morgan fingerprint density at radius 3 is 2.55 bits per heavy atom. The molecule has 64 valence electrons. The van der Waals surface area contributed by atoms with E-state index in [-0.39, 0.29) is 0 Å². The van der Waals surface area contributed by atoms with Crippen molar-refractivity contribution < 1.29 is 4.74 Å². The minimum Gasteiger partial charge on any atom is -0.371 e. The average molecular weight is 219 g/mol. The van der Waals surface area contributed by atoms with Crippen LogP contribution in [0.15, 0.2) is 0 Å². The van der Waals surface area contributed by atoms with Gasteiger partial charge in [0, 0.05) is 5.33 Å². The first-order valence-corrected chi connectivity index (χ1v) is 5.71. The Bertz CT molecular complexity index is 140. The normalized spacial score (nSPS) is 35.2. The van der Waals surface area contributed by atoms with E-state index in [1.807, 2.05) is 0 Å². The molecule has 1 nitrogen and oxygen atoms in total.